The number of carbonyl (C=O) groups excluding carboxylic acids is 1. The third-order valence-electron chi connectivity index (χ3n) is 2.39. The Balaban J connectivity index is 2.22. The van der Waals surface area contributed by atoms with Crippen molar-refractivity contribution >= 4 is 33.0 Å². The lowest BCUT2D eigenvalue weighted by Gasteiger charge is -2.02. The third kappa shape index (κ3) is 3.01. The van der Waals surface area contributed by atoms with Crippen LogP contribution in [0.5, 0.6) is 0 Å². The van der Waals surface area contributed by atoms with Gasteiger partial charge < -0.3 is 0 Å². The van der Waals surface area contributed by atoms with Crippen LogP contribution in [0.25, 0.3) is 0 Å². The Labute approximate surface area is 111 Å². The van der Waals surface area contributed by atoms with Crippen LogP contribution in [0.2, 0.25) is 0 Å². The molecule has 0 aliphatic rings. The average Bonchev–Trinajstić information content (AvgIpc) is 2.67. The minimum Gasteiger partial charge on any atom is -0.294 e. The van der Waals surface area contributed by atoms with Crippen molar-refractivity contribution in [2.75, 3.05) is 0 Å². The summed E-state index contributed by atoms with van der Waals surface area (Å²) in [5.74, 6) is -0.628. The SMILES string of the molecule is Cc1ccc(F)c(C(=O)Cc2ccc(Br)s2)c1. The van der Waals surface area contributed by atoms with Crippen LogP contribution in [0.15, 0.2) is 34.1 Å². The van der Waals surface area contributed by atoms with Crippen LogP contribution in [0.3, 0.4) is 0 Å². The number of benzene rings is 1. The molecule has 1 nitrogen and oxygen atoms in total. The highest BCUT2D eigenvalue weighted by Gasteiger charge is 2.13. The summed E-state index contributed by atoms with van der Waals surface area (Å²) in [6.07, 6.45) is 0.247. The highest BCUT2D eigenvalue weighted by atomic mass is 79.9. The van der Waals surface area contributed by atoms with Gasteiger partial charge in [0.25, 0.3) is 0 Å². The standard InChI is InChI=1S/C13H10BrFOS/c1-8-2-4-11(15)10(6-8)12(16)7-9-3-5-13(14)17-9/h2-6H,7H2,1H3. The lowest BCUT2D eigenvalue weighted by Crippen LogP contribution is -2.05. The molecule has 0 radical (unpaired) electrons. The second kappa shape index (κ2) is 5.10. The van der Waals surface area contributed by atoms with E-state index in [0.717, 1.165) is 14.2 Å². The Hall–Kier alpha value is -1.000. The van der Waals surface area contributed by atoms with E-state index in [4.69, 9.17) is 0 Å². The fourth-order valence-electron chi connectivity index (χ4n) is 1.55. The van der Waals surface area contributed by atoms with Gasteiger partial charge in [-0.15, -0.1) is 11.3 Å². The van der Waals surface area contributed by atoms with Gasteiger partial charge in [0.1, 0.15) is 5.82 Å². The van der Waals surface area contributed by atoms with Crippen LogP contribution in [0.4, 0.5) is 4.39 Å². The second-order valence-corrected chi connectivity index (χ2v) is 6.34. The van der Waals surface area contributed by atoms with E-state index in [-0.39, 0.29) is 17.8 Å². The van der Waals surface area contributed by atoms with Crippen LogP contribution in [-0.4, -0.2) is 5.78 Å². The molecule has 4 heteroatoms. The monoisotopic (exact) mass is 312 g/mol. The smallest absolute Gasteiger partial charge is 0.171 e. The van der Waals surface area contributed by atoms with E-state index in [1.807, 2.05) is 19.1 Å². The Morgan fingerprint density at radius 1 is 1.35 bits per heavy atom. The van der Waals surface area contributed by atoms with Crippen molar-refractivity contribution in [2.24, 2.45) is 0 Å². The van der Waals surface area contributed by atoms with Crippen molar-refractivity contribution in [1.29, 1.82) is 0 Å². The number of ketones is 1. The van der Waals surface area contributed by atoms with Gasteiger partial charge in [-0.2, -0.15) is 0 Å². The number of aryl methyl sites for hydroxylation is 1. The minimum absolute atomic E-state index is 0.175. The van der Waals surface area contributed by atoms with E-state index < -0.39 is 5.82 Å². The highest BCUT2D eigenvalue weighted by Crippen LogP contribution is 2.24. The first kappa shape index (κ1) is 12.5. The summed E-state index contributed by atoms with van der Waals surface area (Å²) in [5, 5.41) is 0. The van der Waals surface area contributed by atoms with Crippen LogP contribution >= 0.6 is 27.3 Å². The molecule has 0 bridgehead atoms. The molecule has 0 fully saturated rings. The number of Topliss-reactive ketones (excluding diaryl/α,β-unsaturated/α-hetero) is 1. The average molecular weight is 313 g/mol. The summed E-state index contributed by atoms with van der Waals surface area (Å²) in [6.45, 7) is 1.85. The molecule has 0 saturated carbocycles. The molecule has 0 amide bonds. The van der Waals surface area contributed by atoms with Crippen molar-refractivity contribution in [2.45, 2.75) is 13.3 Å². The molecule has 17 heavy (non-hydrogen) atoms. The van der Waals surface area contributed by atoms with E-state index in [1.165, 1.54) is 17.4 Å². The molecule has 0 aliphatic carbocycles. The van der Waals surface area contributed by atoms with Gasteiger partial charge in [0.15, 0.2) is 5.78 Å². The van der Waals surface area contributed by atoms with Gasteiger partial charge in [-0.25, -0.2) is 4.39 Å². The molecule has 0 aliphatic heterocycles. The van der Waals surface area contributed by atoms with Crippen molar-refractivity contribution in [1.82, 2.24) is 0 Å². The Kier molecular flexibility index (Phi) is 3.74. The van der Waals surface area contributed by atoms with Crippen LogP contribution < -0.4 is 0 Å². The number of hydrogen-bond donors (Lipinski definition) is 0. The van der Waals surface area contributed by atoms with Gasteiger partial charge in [-0.3, -0.25) is 4.79 Å². The molecule has 1 heterocycles. The van der Waals surface area contributed by atoms with Crippen LogP contribution in [-0.2, 0) is 6.42 Å². The molecule has 1 aromatic heterocycles. The summed E-state index contributed by atoms with van der Waals surface area (Å²) >= 11 is 4.83. The fourth-order valence-corrected chi connectivity index (χ4v) is 3.03. The summed E-state index contributed by atoms with van der Waals surface area (Å²) in [5.41, 5.74) is 1.07. The van der Waals surface area contributed by atoms with Crippen molar-refractivity contribution in [3.05, 3.63) is 55.9 Å². The number of rotatable bonds is 3. The molecule has 2 aromatic rings. The maximum atomic E-state index is 13.5. The fraction of sp³-hybridized carbons (Fsp3) is 0.154. The Morgan fingerprint density at radius 3 is 2.76 bits per heavy atom. The van der Waals surface area contributed by atoms with Crippen molar-refractivity contribution in [3.63, 3.8) is 0 Å². The second-order valence-electron chi connectivity index (χ2n) is 3.79. The van der Waals surface area contributed by atoms with Crippen LogP contribution in [0.1, 0.15) is 20.8 Å². The molecular formula is C13H10BrFOS. The zero-order chi connectivity index (χ0) is 12.4. The maximum Gasteiger partial charge on any atom is 0.171 e. The van der Waals surface area contributed by atoms with Gasteiger partial charge in [-0.1, -0.05) is 11.6 Å². The van der Waals surface area contributed by atoms with Gasteiger partial charge in [0, 0.05) is 11.3 Å². The molecule has 2 rings (SSSR count). The first-order valence-corrected chi connectivity index (χ1v) is 6.71. The zero-order valence-electron chi connectivity index (χ0n) is 9.17. The normalized spacial score (nSPS) is 10.5. The predicted octanol–water partition coefficient (Wildman–Crippen LogP) is 4.38. The zero-order valence-corrected chi connectivity index (χ0v) is 11.6. The lowest BCUT2D eigenvalue weighted by atomic mass is 10.0. The van der Waals surface area contributed by atoms with E-state index in [1.54, 1.807) is 12.1 Å². The largest absolute Gasteiger partial charge is 0.294 e. The molecule has 0 unspecified atom stereocenters. The number of hydrogen-bond acceptors (Lipinski definition) is 2. The van der Waals surface area contributed by atoms with E-state index >= 15 is 0 Å². The summed E-state index contributed by atoms with van der Waals surface area (Å²) in [7, 11) is 0. The van der Waals surface area contributed by atoms with Gasteiger partial charge in [-0.05, 0) is 47.1 Å². The molecule has 0 saturated heterocycles. The van der Waals surface area contributed by atoms with Gasteiger partial charge >= 0.3 is 0 Å². The van der Waals surface area contributed by atoms with E-state index in [0.29, 0.717) is 0 Å². The van der Waals surface area contributed by atoms with E-state index in [9.17, 15) is 9.18 Å². The van der Waals surface area contributed by atoms with Gasteiger partial charge in [0.05, 0.1) is 9.35 Å². The Bertz CT molecular complexity index is 562. The summed E-state index contributed by atoms with van der Waals surface area (Å²) in [4.78, 5) is 12.9. The van der Waals surface area contributed by atoms with E-state index in [2.05, 4.69) is 15.9 Å². The first-order chi connectivity index (χ1) is 8.06. The number of halogens is 2. The molecule has 0 spiro atoms. The summed E-state index contributed by atoms with van der Waals surface area (Å²) < 4.78 is 14.5. The van der Waals surface area contributed by atoms with Crippen molar-refractivity contribution in [3.8, 4) is 0 Å². The molecule has 88 valence electrons. The maximum absolute atomic E-state index is 13.5. The minimum atomic E-state index is -0.448. The van der Waals surface area contributed by atoms with Crippen LogP contribution in [0, 0.1) is 12.7 Å². The molecule has 0 atom stereocenters. The summed E-state index contributed by atoms with van der Waals surface area (Å²) in [6, 6.07) is 8.36. The molecular weight excluding hydrogens is 303 g/mol. The first-order valence-electron chi connectivity index (χ1n) is 5.10. The topological polar surface area (TPSA) is 17.1 Å². The third-order valence-corrected chi connectivity index (χ3v) is 4.01. The van der Waals surface area contributed by atoms with Gasteiger partial charge in [0.2, 0.25) is 0 Å². The number of thiophene rings is 1. The lowest BCUT2D eigenvalue weighted by molar-refractivity contribution is 0.0990. The molecule has 1 aromatic carbocycles. The Morgan fingerprint density at radius 2 is 2.12 bits per heavy atom. The number of carbonyl (C=O) groups is 1. The quantitative estimate of drug-likeness (QED) is 0.768. The predicted molar refractivity (Wildman–Crippen MR) is 71.2 cm³/mol. The molecule has 0 N–H and O–H groups in total. The van der Waals surface area contributed by atoms with Crippen molar-refractivity contribution < 1.29 is 9.18 Å². The highest BCUT2D eigenvalue weighted by molar-refractivity contribution is 9.11.